The molecule has 13 N–H and O–H groups in total. The molecule has 17 heteroatoms. The first kappa shape index (κ1) is 32.2. The van der Waals surface area contributed by atoms with Crippen molar-refractivity contribution in [2.45, 2.75) is 56.3 Å². The smallest absolute Gasteiger partial charge is 0.326 e. The lowest BCUT2D eigenvalue weighted by atomic mass is 10.1. The topological polar surface area (TPSA) is 287 Å². The average Bonchev–Trinajstić information content (AvgIpc) is 3.35. The number of nitrogens with two attached hydrogens (primary N) is 4. The van der Waals surface area contributed by atoms with Crippen molar-refractivity contribution in [3.05, 3.63) is 18.2 Å². The molecular weight excluding hydrogens is 520 g/mol. The summed E-state index contributed by atoms with van der Waals surface area (Å²) >= 11 is 1.42. The predicted octanol–water partition coefficient (Wildman–Crippen LogP) is -3.50. The number of carboxylic acid groups (broad SMARTS) is 1. The maximum absolute atomic E-state index is 13.0. The normalized spacial score (nSPS) is 13.8. The Morgan fingerprint density at radius 1 is 1.03 bits per heavy atom. The number of aliphatic carboxylic acids is 1. The predicted molar refractivity (Wildman–Crippen MR) is 140 cm³/mol. The van der Waals surface area contributed by atoms with Crippen LogP contribution in [0.1, 0.15) is 31.4 Å². The molecule has 4 unspecified atom stereocenters. The summed E-state index contributed by atoms with van der Waals surface area (Å²) in [5.74, 6) is -4.14. The van der Waals surface area contributed by atoms with Crippen LogP contribution in [0, 0.1) is 0 Å². The van der Waals surface area contributed by atoms with E-state index >= 15 is 0 Å². The van der Waals surface area contributed by atoms with E-state index < -0.39 is 60.2 Å². The molecule has 0 fully saturated rings. The zero-order valence-electron chi connectivity index (χ0n) is 21.0. The van der Waals surface area contributed by atoms with E-state index in [9.17, 15) is 29.1 Å². The molecule has 16 nitrogen and oxygen atoms in total. The Bertz CT molecular complexity index is 970. The van der Waals surface area contributed by atoms with Crippen molar-refractivity contribution in [2.24, 2.45) is 27.9 Å². The molecule has 4 atom stereocenters. The van der Waals surface area contributed by atoms with Gasteiger partial charge < -0.3 is 49.0 Å². The van der Waals surface area contributed by atoms with Gasteiger partial charge in [-0.15, -0.1) is 0 Å². The number of aromatic amines is 1. The van der Waals surface area contributed by atoms with Gasteiger partial charge in [0, 0.05) is 24.9 Å². The number of carbonyl (C=O) groups is 5. The van der Waals surface area contributed by atoms with Crippen molar-refractivity contribution in [3.8, 4) is 0 Å². The molecule has 0 aliphatic rings. The van der Waals surface area contributed by atoms with Gasteiger partial charge in [0.1, 0.15) is 18.1 Å². The summed E-state index contributed by atoms with van der Waals surface area (Å²) in [4.78, 5) is 72.1. The highest BCUT2D eigenvalue weighted by atomic mass is 32.2. The summed E-state index contributed by atoms with van der Waals surface area (Å²) in [6.45, 7) is 0.279. The molecule has 0 aliphatic heterocycles. The highest BCUT2D eigenvalue weighted by Crippen LogP contribution is 2.06. The Kier molecular flexibility index (Phi) is 14.2. The van der Waals surface area contributed by atoms with Crippen molar-refractivity contribution < 1.29 is 29.1 Å². The summed E-state index contributed by atoms with van der Waals surface area (Å²) in [6, 6.07) is -4.89. The van der Waals surface area contributed by atoms with Gasteiger partial charge in [0.25, 0.3) is 0 Å². The van der Waals surface area contributed by atoms with Crippen LogP contribution >= 0.6 is 11.8 Å². The SMILES string of the molecule is CSCCC(NC(=O)C(N)CCCN=C(N)N)C(=O)NC(CC(N)=O)C(=O)NC(Cc1cnc[nH]1)C(=O)O. The fourth-order valence-corrected chi connectivity index (χ4v) is 3.68. The van der Waals surface area contributed by atoms with E-state index in [0.29, 0.717) is 17.9 Å². The maximum atomic E-state index is 13.0. The van der Waals surface area contributed by atoms with Gasteiger partial charge in [-0.2, -0.15) is 11.8 Å². The molecule has 0 aromatic carbocycles. The molecule has 0 saturated heterocycles. The summed E-state index contributed by atoms with van der Waals surface area (Å²) in [5.41, 5.74) is 22.1. The number of primary amides is 1. The number of carboxylic acids is 1. The van der Waals surface area contributed by atoms with Gasteiger partial charge >= 0.3 is 5.97 Å². The number of aromatic nitrogens is 2. The van der Waals surface area contributed by atoms with E-state index in [2.05, 4.69) is 30.9 Å². The largest absolute Gasteiger partial charge is 0.480 e. The number of nitrogens with one attached hydrogen (secondary N) is 4. The minimum atomic E-state index is -1.48. The van der Waals surface area contributed by atoms with Gasteiger partial charge in [-0.05, 0) is 31.3 Å². The van der Waals surface area contributed by atoms with Gasteiger partial charge in [0.05, 0.1) is 18.8 Å². The molecule has 0 aliphatic carbocycles. The number of thioether (sulfide) groups is 1. The van der Waals surface area contributed by atoms with Crippen LogP contribution in [0.2, 0.25) is 0 Å². The number of rotatable bonds is 18. The van der Waals surface area contributed by atoms with Crippen molar-refractivity contribution in [1.82, 2.24) is 25.9 Å². The van der Waals surface area contributed by atoms with Crippen molar-refractivity contribution in [1.29, 1.82) is 0 Å². The first-order valence-electron chi connectivity index (χ1n) is 11.6. The molecule has 212 valence electrons. The van der Waals surface area contributed by atoms with E-state index in [1.807, 2.05) is 0 Å². The number of carbonyl (C=O) groups excluding carboxylic acids is 4. The van der Waals surface area contributed by atoms with Gasteiger partial charge in [-0.3, -0.25) is 24.2 Å². The Morgan fingerprint density at radius 3 is 2.21 bits per heavy atom. The van der Waals surface area contributed by atoms with Crippen LogP contribution in [-0.2, 0) is 30.4 Å². The van der Waals surface area contributed by atoms with Crippen LogP contribution in [0.4, 0.5) is 0 Å². The summed E-state index contributed by atoms with van der Waals surface area (Å²) < 4.78 is 0. The number of amides is 4. The summed E-state index contributed by atoms with van der Waals surface area (Å²) in [6.07, 6.45) is 4.72. The third kappa shape index (κ3) is 12.4. The molecule has 1 aromatic heterocycles. The number of hydrogen-bond donors (Lipinski definition) is 9. The molecule has 4 amide bonds. The summed E-state index contributed by atoms with van der Waals surface area (Å²) in [7, 11) is 0. The molecule has 0 saturated carbocycles. The molecule has 1 aromatic rings. The molecular formula is C21H36N10O6S. The van der Waals surface area contributed by atoms with E-state index in [0.717, 1.165) is 0 Å². The quantitative estimate of drug-likeness (QED) is 0.0485. The second-order valence-electron chi connectivity index (χ2n) is 8.31. The van der Waals surface area contributed by atoms with Gasteiger partial charge in [0.2, 0.25) is 23.6 Å². The number of nitrogens with zero attached hydrogens (tertiary/aromatic N) is 2. The number of hydrogen-bond acceptors (Lipinski definition) is 9. The summed E-state index contributed by atoms with van der Waals surface area (Å²) in [5, 5.41) is 16.7. The van der Waals surface area contributed by atoms with Gasteiger partial charge in [-0.1, -0.05) is 0 Å². The number of H-pyrrole nitrogens is 1. The van der Waals surface area contributed by atoms with E-state index in [1.165, 1.54) is 24.3 Å². The van der Waals surface area contributed by atoms with Crippen molar-refractivity contribution in [3.63, 3.8) is 0 Å². The Labute approximate surface area is 223 Å². The van der Waals surface area contributed by atoms with Crippen molar-refractivity contribution >= 4 is 47.3 Å². The lowest BCUT2D eigenvalue weighted by molar-refractivity contribution is -0.142. The van der Waals surface area contributed by atoms with Crippen LogP contribution in [0.3, 0.4) is 0 Å². The third-order valence-electron chi connectivity index (χ3n) is 5.18. The Morgan fingerprint density at radius 2 is 1.66 bits per heavy atom. The van der Waals surface area contributed by atoms with Crippen LogP contribution in [0.25, 0.3) is 0 Å². The number of guanidine groups is 1. The second-order valence-corrected chi connectivity index (χ2v) is 9.30. The van der Waals surface area contributed by atoms with Crippen molar-refractivity contribution in [2.75, 3.05) is 18.6 Å². The van der Waals surface area contributed by atoms with Crippen LogP contribution in [-0.4, -0.2) is 93.4 Å². The number of imidazole rings is 1. The minimum absolute atomic E-state index is 0.0811. The molecule has 38 heavy (non-hydrogen) atoms. The molecule has 0 spiro atoms. The average molecular weight is 557 g/mol. The molecule has 0 bridgehead atoms. The third-order valence-corrected chi connectivity index (χ3v) is 5.82. The fraction of sp³-hybridized carbons (Fsp3) is 0.571. The highest BCUT2D eigenvalue weighted by Gasteiger charge is 2.31. The first-order chi connectivity index (χ1) is 17.9. The maximum Gasteiger partial charge on any atom is 0.326 e. The van der Waals surface area contributed by atoms with E-state index in [4.69, 9.17) is 22.9 Å². The number of aliphatic imine (C=N–C) groups is 1. The second kappa shape index (κ2) is 16.8. The van der Waals surface area contributed by atoms with Crippen LogP contribution in [0.5, 0.6) is 0 Å². The monoisotopic (exact) mass is 556 g/mol. The zero-order valence-corrected chi connectivity index (χ0v) is 21.8. The highest BCUT2D eigenvalue weighted by molar-refractivity contribution is 7.98. The molecule has 1 heterocycles. The standard InChI is InChI=1S/C21H36N10O6S/c1-38-6-4-13(29-17(33)12(22)3-2-5-27-21(24)25)18(34)30-14(8-16(23)32)19(35)31-15(20(36)37)7-11-9-26-10-28-11/h9-10,12-15H,2-8,22H2,1H3,(H2,23,32)(H,26,28)(H,29,33)(H,30,34)(H,31,35)(H,36,37)(H4,24,25,27). The fourth-order valence-electron chi connectivity index (χ4n) is 3.21. The Hall–Kier alpha value is -3.86. The lowest BCUT2D eigenvalue weighted by Gasteiger charge is -2.24. The molecule has 0 radical (unpaired) electrons. The van der Waals surface area contributed by atoms with E-state index in [1.54, 1.807) is 6.26 Å². The lowest BCUT2D eigenvalue weighted by Crippen LogP contribution is -2.58. The minimum Gasteiger partial charge on any atom is -0.480 e. The zero-order chi connectivity index (χ0) is 28.7. The van der Waals surface area contributed by atoms with Crippen LogP contribution < -0.4 is 38.9 Å². The van der Waals surface area contributed by atoms with E-state index in [-0.39, 0.29) is 31.8 Å². The van der Waals surface area contributed by atoms with Gasteiger partial charge in [-0.25, -0.2) is 9.78 Å². The first-order valence-corrected chi connectivity index (χ1v) is 13.0. The molecule has 1 rings (SSSR count). The van der Waals surface area contributed by atoms with Crippen LogP contribution in [0.15, 0.2) is 17.5 Å². The Balaban J connectivity index is 2.90. The van der Waals surface area contributed by atoms with Gasteiger partial charge in [0.15, 0.2) is 5.96 Å².